The predicted molar refractivity (Wildman–Crippen MR) is 36.3 cm³/mol. The van der Waals surface area contributed by atoms with Gasteiger partial charge in [-0.3, -0.25) is 0 Å². The highest BCUT2D eigenvalue weighted by Crippen LogP contribution is 2.36. The second-order valence-corrected chi connectivity index (χ2v) is 2.32. The van der Waals surface area contributed by atoms with Crippen molar-refractivity contribution in [3.8, 4) is 0 Å². The van der Waals surface area contributed by atoms with Gasteiger partial charge in [-0.2, -0.15) is 0 Å². The summed E-state index contributed by atoms with van der Waals surface area (Å²) in [6.45, 7) is 0. The highest BCUT2D eigenvalue weighted by molar-refractivity contribution is 6.00. The van der Waals surface area contributed by atoms with Gasteiger partial charge in [0.1, 0.15) is 11.2 Å². The van der Waals surface area contributed by atoms with Gasteiger partial charge in [-0.05, 0) is 24.3 Å². The van der Waals surface area contributed by atoms with Crippen LogP contribution in [0.5, 0.6) is 0 Å². The van der Waals surface area contributed by atoms with Crippen molar-refractivity contribution in [2.24, 2.45) is 0 Å². The molecule has 3 rings (SSSR count). The topological polar surface area (TPSA) is 13.1 Å². The van der Waals surface area contributed by atoms with Crippen LogP contribution in [-0.2, 0) is 0 Å². The lowest BCUT2D eigenvalue weighted by Crippen LogP contribution is -1.83. The summed E-state index contributed by atoms with van der Waals surface area (Å²) in [7, 11) is 0. The summed E-state index contributed by atoms with van der Waals surface area (Å²) >= 11 is 0. The zero-order chi connectivity index (χ0) is 5.84. The molecule has 9 heavy (non-hydrogen) atoms. The molecular formula is C8H4O. The summed E-state index contributed by atoms with van der Waals surface area (Å²) in [5.41, 5.74) is 4.63. The molecule has 0 N–H and O–H groups in total. The van der Waals surface area contributed by atoms with E-state index in [0.717, 1.165) is 11.2 Å². The van der Waals surface area contributed by atoms with Gasteiger partial charge in [0, 0.05) is 11.1 Å². The third-order valence-corrected chi connectivity index (χ3v) is 1.84. The molecule has 0 amide bonds. The Labute approximate surface area is 51.9 Å². The van der Waals surface area contributed by atoms with Crippen LogP contribution in [0.1, 0.15) is 11.1 Å². The van der Waals surface area contributed by atoms with Gasteiger partial charge in [0.05, 0.1) is 0 Å². The Balaban J connectivity index is 2.73. The quantitative estimate of drug-likeness (QED) is 0.439. The molecule has 0 radical (unpaired) electrons. The standard InChI is InChI=1S/C8H4O/c1-2-6-5(1)7-3-4-8(6)9-7/h1-4H. The zero-order valence-electron chi connectivity index (χ0n) is 4.72. The van der Waals surface area contributed by atoms with Crippen LogP contribution in [0.25, 0.3) is 23.3 Å². The first-order valence-electron chi connectivity index (χ1n) is 2.98. The summed E-state index contributed by atoms with van der Waals surface area (Å²) in [5, 5.41) is 0. The summed E-state index contributed by atoms with van der Waals surface area (Å²) in [6.07, 6.45) is 4.17. The number of hydrogen-bond acceptors (Lipinski definition) is 1. The lowest BCUT2D eigenvalue weighted by Gasteiger charge is -2.01. The Kier molecular flexibility index (Phi) is 0.374. The van der Waals surface area contributed by atoms with E-state index in [2.05, 4.69) is 12.2 Å². The molecule has 0 aromatic carbocycles. The van der Waals surface area contributed by atoms with Crippen molar-refractivity contribution in [3.63, 3.8) is 0 Å². The molecule has 0 aliphatic heterocycles. The van der Waals surface area contributed by atoms with Crippen LogP contribution in [0.2, 0.25) is 0 Å². The molecule has 1 aliphatic rings. The van der Waals surface area contributed by atoms with E-state index in [1.807, 2.05) is 12.1 Å². The van der Waals surface area contributed by atoms with Crippen LogP contribution in [0, 0.1) is 0 Å². The van der Waals surface area contributed by atoms with Crippen molar-refractivity contribution in [1.82, 2.24) is 0 Å². The fourth-order valence-corrected chi connectivity index (χ4v) is 1.31. The molecule has 0 saturated carbocycles. The van der Waals surface area contributed by atoms with Gasteiger partial charge < -0.3 is 4.42 Å². The third-order valence-electron chi connectivity index (χ3n) is 1.84. The normalized spacial score (nSPS) is 14.2. The Hall–Kier alpha value is -1.24. The molecule has 0 saturated heterocycles. The van der Waals surface area contributed by atoms with Crippen molar-refractivity contribution < 1.29 is 4.42 Å². The Bertz CT molecular complexity index is 346. The number of fused-ring (bicyclic) bond motifs is 5. The SMILES string of the molecule is C1=Cc2c1c1ccc2o1. The predicted octanol–water partition coefficient (Wildman–Crippen LogP) is 2.35. The summed E-state index contributed by atoms with van der Waals surface area (Å²) in [6, 6.07) is 4.02. The molecule has 0 spiro atoms. The van der Waals surface area contributed by atoms with Crippen LogP contribution in [0.3, 0.4) is 0 Å². The Morgan fingerprint density at radius 2 is 1.44 bits per heavy atom. The third kappa shape index (κ3) is 0.250. The molecule has 2 heterocycles. The van der Waals surface area contributed by atoms with Gasteiger partial charge in [0.2, 0.25) is 0 Å². The maximum absolute atomic E-state index is 5.34. The van der Waals surface area contributed by atoms with Crippen LogP contribution >= 0.6 is 0 Å². The molecule has 2 bridgehead atoms. The first kappa shape index (κ1) is 3.72. The van der Waals surface area contributed by atoms with E-state index in [0.29, 0.717) is 0 Å². The van der Waals surface area contributed by atoms with Gasteiger partial charge in [0.25, 0.3) is 0 Å². The van der Waals surface area contributed by atoms with E-state index < -0.39 is 0 Å². The second-order valence-electron chi connectivity index (χ2n) is 2.32. The number of hydrogen-bond donors (Lipinski definition) is 0. The average molecular weight is 116 g/mol. The number of benzene rings is 1. The molecule has 0 unspecified atom stereocenters. The maximum atomic E-state index is 5.34. The van der Waals surface area contributed by atoms with E-state index in [1.165, 1.54) is 11.1 Å². The molecular weight excluding hydrogens is 112 g/mol. The molecule has 1 nitrogen and oxygen atoms in total. The lowest BCUT2D eigenvalue weighted by atomic mass is 9.99. The number of rotatable bonds is 0. The Morgan fingerprint density at radius 3 is 1.78 bits per heavy atom. The van der Waals surface area contributed by atoms with Crippen molar-refractivity contribution in [1.29, 1.82) is 0 Å². The van der Waals surface area contributed by atoms with E-state index in [9.17, 15) is 0 Å². The first-order valence-corrected chi connectivity index (χ1v) is 2.98. The van der Waals surface area contributed by atoms with Crippen molar-refractivity contribution in [2.75, 3.05) is 0 Å². The minimum atomic E-state index is 1.03. The van der Waals surface area contributed by atoms with Crippen molar-refractivity contribution >= 4 is 23.3 Å². The summed E-state index contributed by atoms with van der Waals surface area (Å²) in [5.74, 6) is 0. The van der Waals surface area contributed by atoms with Crippen LogP contribution in [-0.4, -0.2) is 0 Å². The highest BCUT2D eigenvalue weighted by atomic mass is 16.3. The maximum Gasteiger partial charge on any atom is 0.135 e. The highest BCUT2D eigenvalue weighted by Gasteiger charge is 2.17. The molecule has 1 aliphatic carbocycles. The summed E-state index contributed by atoms with van der Waals surface area (Å²) < 4.78 is 5.34. The van der Waals surface area contributed by atoms with Crippen molar-refractivity contribution in [3.05, 3.63) is 23.3 Å². The van der Waals surface area contributed by atoms with Crippen molar-refractivity contribution in [2.45, 2.75) is 0 Å². The minimum absolute atomic E-state index is 1.03. The van der Waals surface area contributed by atoms with E-state index in [1.54, 1.807) is 0 Å². The van der Waals surface area contributed by atoms with E-state index in [4.69, 9.17) is 4.42 Å². The van der Waals surface area contributed by atoms with Gasteiger partial charge in [-0.1, -0.05) is 0 Å². The van der Waals surface area contributed by atoms with Crippen LogP contribution in [0.4, 0.5) is 0 Å². The van der Waals surface area contributed by atoms with Crippen LogP contribution < -0.4 is 0 Å². The molecule has 1 heteroatoms. The lowest BCUT2D eigenvalue weighted by molar-refractivity contribution is 0.675. The van der Waals surface area contributed by atoms with Gasteiger partial charge in [-0.25, -0.2) is 0 Å². The second kappa shape index (κ2) is 0.903. The van der Waals surface area contributed by atoms with Crippen LogP contribution in [0.15, 0.2) is 16.5 Å². The van der Waals surface area contributed by atoms with Gasteiger partial charge in [-0.15, -0.1) is 0 Å². The smallest absolute Gasteiger partial charge is 0.135 e. The van der Waals surface area contributed by atoms with E-state index in [-0.39, 0.29) is 0 Å². The van der Waals surface area contributed by atoms with E-state index >= 15 is 0 Å². The summed E-state index contributed by atoms with van der Waals surface area (Å²) in [4.78, 5) is 0. The monoisotopic (exact) mass is 116 g/mol. The first-order chi connectivity index (χ1) is 4.45. The fourth-order valence-electron chi connectivity index (χ4n) is 1.31. The molecule has 42 valence electrons. The zero-order valence-corrected chi connectivity index (χ0v) is 4.72. The molecule has 0 fully saturated rings. The minimum Gasteiger partial charge on any atom is -0.456 e. The largest absolute Gasteiger partial charge is 0.456 e. The molecule has 2 aromatic heterocycles. The fraction of sp³-hybridized carbons (Fsp3) is 0. The Morgan fingerprint density at radius 1 is 0.889 bits per heavy atom. The molecule has 0 atom stereocenters. The average Bonchev–Trinajstić information content (AvgIpc) is 2.18. The van der Waals surface area contributed by atoms with Gasteiger partial charge in [0.15, 0.2) is 0 Å². The number of furan rings is 2. The van der Waals surface area contributed by atoms with Gasteiger partial charge >= 0.3 is 0 Å². The molecule has 2 aromatic rings.